The second-order valence-electron chi connectivity index (χ2n) is 5.85. The smallest absolute Gasteiger partial charge is 0.213 e. The molecule has 1 heterocycles. The third-order valence-electron chi connectivity index (χ3n) is 4.24. The summed E-state index contributed by atoms with van der Waals surface area (Å²) in [6.07, 6.45) is 11.5. The molecule has 0 spiro atoms. The Bertz CT molecular complexity index is 295. The lowest BCUT2D eigenvalue weighted by Crippen LogP contribution is -2.23. The molecule has 4 heteroatoms. The summed E-state index contributed by atoms with van der Waals surface area (Å²) in [5.41, 5.74) is 0. The van der Waals surface area contributed by atoms with E-state index in [1.54, 1.807) is 0 Å². The maximum atomic E-state index is 11.0. The van der Waals surface area contributed by atoms with E-state index in [0.717, 1.165) is 57.3 Å². The first-order valence-electron chi connectivity index (χ1n) is 7.67. The Balaban J connectivity index is 1.52. The summed E-state index contributed by atoms with van der Waals surface area (Å²) in [6.45, 7) is 3.80. The normalized spacial score (nSPS) is 26.6. The molecule has 1 aliphatic carbocycles. The van der Waals surface area contributed by atoms with Crippen LogP contribution in [-0.2, 0) is 4.74 Å². The second kappa shape index (κ2) is 7.22. The molecule has 1 aliphatic heterocycles. The molecule has 2 rings (SSSR count). The van der Waals surface area contributed by atoms with Gasteiger partial charge in [0.2, 0.25) is 6.04 Å². The van der Waals surface area contributed by atoms with Crippen LogP contribution in [0.25, 0.3) is 0 Å². The molecule has 2 fully saturated rings. The maximum absolute atomic E-state index is 11.0. The lowest BCUT2D eigenvalue weighted by molar-refractivity contribution is -0.524. The molecule has 108 valence electrons. The van der Waals surface area contributed by atoms with Crippen LogP contribution in [0.4, 0.5) is 0 Å². The second-order valence-corrected chi connectivity index (χ2v) is 5.85. The Hall–Kier alpha value is -0.640. The lowest BCUT2D eigenvalue weighted by atomic mass is 9.99. The van der Waals surface area contributed by atoms with Crippen LogP contribution in [0.2, 0.25) is 0 Å². The van der Waals surface area contributed by atoms with Gasteiger partial charge >= 0.3 is 0 Å². The molecule has 2 radical (unpaired) electrons. The molecule has 19 heavy (non-hydrogen) atoms. The van der Waals surface area contributed by atoms with Crippen LogP contribution < -0.4 is 0 Å². The van der Waals surface area contributed by atoms with Gasteiger partial charge in [-0.1, -0.05) is 32.6 Å². The molecule has 0 aromatic rings. The summed E-state index contributed by atoms with van der Waals surface area (Å²) in [4.78, 5) is 10.9. The Morgan fingerprint density at radius 3 is 2.58 bits per heavy atom. The molecular formula is C15H25NO3. The van der Waals surface area contributed by atoms with E-state index in [-0.39, 0.29) is 11.0 Å². The Morgan fingerprint density at radius 2 is 2.00 bits per heavy atom. The fourth-order valence-corrected chi connectivity index (χ4v) is 2.87. The summed E-state index contributed by atoms with van der Waals surface area (Å²) < 4.78 is 5.52. The van der Waals surface area contributed by atoms with Crippen LogP contribution in [-0.4, -0.2) is 17.1 Å². The predicted molar refractivity (Wildman–Crippen MR) is 73.9 cm³/mol. The van der Waals surface area contributed by atoms with Crippen molar-refractivity contribution < 1.29 is 9.66 Å². The van der Waals surface area contributed by atoms with Crippen molar-refractivity contribution in [1.29, 1.82) is 0 Å². The van der Waals surface area contributed by atoms with E-state index in [9.17, 15) is 10.1 Å². The average Bonchev–Trinajstić information content (AvgIpc) is 3.02. The highest BCUT2D eigenvalue weighted by Gasteiger charge is 2.55. The highest BCUT2D eigenvalue weighted by Crippen LogP contribution is 2.55. The number of rotatable bonds is 11. The summed E-state index contributed by atoms with van der Waals surface area (Å²) in [5.74, 6) is 0.719. The van der Waals surface area contributed by atoms with Crippen molar-refractivity contribution in [3.05, 3.63) is 23.1 Å². The van der Waals surface area contributed by atoms with E-state index in [1.165, 1.54) is 12.5 Å². The fraction of sp³-hybridized carbons (Fsp3) is 0.867. The highest BCUT2D eigenvalue weighted by atomic mass is 16.6. The van der Waals surface area contributed by atoms with Gasteiger partial charge in [0.15, 0.2) is 0 Å². The third kappa shape index (κ3) is 4.44. The molecule has 3 atom stereocenters. The number of nitro groups is 1. The molecule has 0 bridgehead atoms. The quantitative estimate of drug-likeness (QED) is 0.324. The van der Waals surface area contributed by atoms with Gasteiger partial charge in [-0.3, -0.25) is 10.1 Å². The average molecular weight is 267 g/mol. The molecule has 3 unspecified atom stereocenters. The van der Waals surface area contributed by atoms with Gasteiger partial charge in [-0.15, -0.1) is 0 Å². The number of hydrogen-bond acceptors (Lipinski definition) is 3. The zero-order valence-corrected chi connectivity index (χ0v) is 11.7. The largest absolute Gasteiger partial charge is 0.368 e. The molecule has 1 saturated heterocycles. The van der Waals surface area contributed by atoms with E-state index in [1.807, 2.05) is 0 Å². The first-order chi connectivity index (χ1) is 9.22. The Kier molecular flexibility index (Phi) is 5.61. The van der Waals surface area contributed by atoms with Gasteiger partial charge in [0, 0.05) is 23.7 Å². The van der Waals surface area contributed by atoms with Crippen LogP contribution in [0.1, 0.15) is 64.2 Å². The number of nitrogens with zero attached hydrogens (tertiary/aromatic N) is 1. The van der Waals surface area contributed by atoms with Crippen LogP contribution >= 0.6 is 0 Å². The summed E-state index contributed by atoms with van der Waals surface area (Å²) in [7, 11) is 0. The number of fused-ring (bicyclic) bond motifs is 1. The number of unbranched alkanes of at least 4 members (excludes halogenated alkanes) is 4. The minimum atomic E-state index is -0.351. The number of ether oxygens (including phenoxy) is 1. The zero-order chi connectivity index (χ0) is 13.7. The van der Waals surface area contributed by atoms with Gasteiger partial charge in [-0.25, -0.2) is 0 Å². The van der Waals surface area contributed by atoms with Gasteiger partial charge < -0.3 is 4.74 Å². The van der Waals surface area contributed by atoms with Gasteiger partial charge in [0.25, 0.3) is 0 Å². The minimum Gasteiger partial charge on any atom is -0.368 e. The molecule has 0 aromatic heterocycles. The zero-order valence-electron chi connectivity index (χ0n) is 11.7. The topological polar surface area (TPSA) is 52.4 Å². The maximum Gasteiger partial charge on any atom is 0.213 e. The van der Waals surface area contributed by atoms with E-state index in [0.29, 0.717) is 12.5 Å². The third-order valence-corrected chi connectivity index (χ3v) is 4.24. The minimum absolute atomic E-state index is 0.0897. The van der Waals surface area contributed by atoms with Crippen LogP contribution in [0.15, 0.2) is 0 Å². The van der Waals surface area contributed by atoms with Crippen LogP contribution in [0.5, 0.6) is 0 Å². The molecule has 1 saturated carbocycles. The Morgan fingerprint density at radius 1 is 1.26 bits per heavy atom. The van der Waals surface area contributed by atoms with E-state index >= 15 is 0 Å². The first-order valence-corrected chi connectivity index (χ1v) is 7.67. The molecule has 4 nitrogen and oxygen atoms in total. The molecular weight excluding hydrogens is 242 g/mol. The van der Waals surface area contributed by atoms with Crippen molar-refractivity contribution >= 4 is 0 Å². The highest BCUT2D eigenvalue weighted by molar-refractivity contribution is 5.13. The molecule has 0 aromatic carbocycles. The molecule has 2 aliphatic rings. The van der Waals surface area contributed by atoms with Crippen molar-refractivity contribution in [3.63, 3.8) is 0 Å². The van der Waals surface area contributed by atoms with Crippen molar-refractivity contribution in [2.24, 2.45) is 5.92 Å². The van der Waals surface area contributed by atoms with Crippen molar-refractivity contribution in [1.82, 2.24) is 0 Å². The molecule has 0 amide bonds. The van der Waals surface area contributed by atoms with E-state index < -0.39 is 0 Å². The fourth-order valence-electron chi connectivity index (χ4n) is 2.87. The predicted octanol–water partition coefficient (Wildman–Crippen LogP) is 3.93. The standard InChI is InChI=1S/C15H25NO3/c1-2-3-4-5-6-8-12(16(17)18)9-7-10-14-13-11-15(13)19-14/h12-13,15H,1-11H2. The first kappa shape index (κ1) is 14.8. The van der Waals surface area contributed by atoms with Gasteiger partial charge in [-0.05, 0) is 25.7 Å². The Labute approximate surface area is 116 Å². The SMILES string of the molecule is [CH2]CCCCCCC(CCC[C]1OC2CC12)[N+](=O)[O-]. The van der Waals surface area contributed by atoms with Crippen molar-refractivity contribution in [2.75, 3.05) is 0 Å². The van der Waals surface area contributed by atoms with Crippen molar-refractivity contribution in [3.8, 4) is 0 Å². The summed E-state index contributed by atoms with van der Waals surface area (Å²) in [5, 5.41) is 11.0. The lowest BCUT2D eigenvalue weighted by Gasteiger charge is -2.24. The van der Waals surface area contributed by atoms with E-state index in [4.69, 9.17) is 4.74 Å². The number of hydrogen-bond donors (Lipinski definition) is 0. The van der Waals surface area contributed by atoms with Gasteiger partial charge in [-0.2, -0.15) is 0 Å². The van der Waals surface area contributed by atoms with Crippen LogP contribution in [0, 0.1) is 29.1 Å². The van der Waals surface area contributed by atoms with Gasteiger partial charge in [0.05, 0.1) is 6.10 Å². The van der Waals surface area contributed by atoms with Crippen LogP contribution in [0.3, 0.4) is 0 Å². The van der Waals surface area contributed by atoms with E-state index in [2.05, 4.69) is 6.92 Å². The monoisotopic (exact) mass is 267 g/mol. The summed E-state index contributed by atoms with van der Waals surface area (Å²) in [6, 6.07) is -0.351. The van der Waals surface area contributed by atoms with Crippen molar-refractivity contribution in [2.45, 2.75) is 76.4 Å². The van der Waals surface area contributed by atoms with Gasteiger partial charge in [0.1, 0.15) is 6.10 Å². The molecule has 0 N–H and O–H groups in total. The summed E-state index contributed by atoms with van der Waals surface area (Å²) >= 11 is 0.